The van der Waals surface area contributed by atoms with Crippen molar-refractivity contribution in [3.63, 3.8) is 0 Å². The lowest BCUT2D eigenvalue weighted by molar-refractivity contribution is -0.150. The van der Waals surface area contributed by atoms with Crippen LogP contribution in [-0.4, -0.2) is 43.5 Å². The third-order valence-electron chi connectivity index (χ3n) is 4.53. The fourth-order valence-corrected chi connectivity index (χ4v) is 3.10. The highest BCUT2D eigenvalue weighted by Gasteiger charge is 2.23. The van der Waals surface area contributed by atoms with E-state index in [0.717, 1.165) is 5.56 Å². The molecule has 0 aliphatic rings. The first-order valence-electron chi connectivity index (χ1n) is 9.89. The van der Waals surface area contributed by atoms with Crippen LogP contribution in [0.1, 0.15) is 25.3 Å². The van der Waals surface area contributed by atoms with E-state index in [1.54, 1.807) is 6.92 Å². The number of esters is 1. The number of hydrogen-bond donors (Lipinski definition) is 2. The number of rotatable bonds is 12. The molecule has 0 radical (unpaired) electrons. The first kappa shape index (κ1) is 22.1. The molecular formula is C23H31NO4. The Bertz CT molecular complexity index is 688. The number of benzene rings is 2. The molecule has 0 aliphatic heterocycles. The average Bonchev–Trinajstić information content (AvgIpc) is 2.71. The van der Waals surface area contributed by atoms with Crippen molar-refractivity contribution in [2.45, 2.75) is 32.2 Å². The van der Waals surface area contributed by atoms with Crippen molar-refractivity contribution < 1.29 is 19.4 Å². The Morgan fingerprint density at radius 1 is 1.07 bits per heavy atom. The smallest absolute Gasteiger partial charge is 0.311 e. The van der Waals surface area contributed by atoms with Gasteiger partial charge in [-0.2, -0.15) is 0 Å². The van der Waals surface area contributed by atoms with Crippen molar-refractivity contribution >= 4 is 5.97 Å². The zero-order valence-electron chi connectivity index (χ0n) is 16.5. The van der Waals surface area contributed by atoms with E-state index >= 15 is 0 Å². The fourth-order valence-electron chi connectivity index (χ4n) is 3.10. The first-order valence-corrected chi connectivity index (χ1v) is 9.89. The molecule has 28 heavy (non-hydrogen) atoms. The standard InChI is InChI=1S/C23H31NO4/c1-2-28-23(26)21(17-27-14-6-13-25)16-22(24)15-18-9-11-20(12-10-18)19-7-4-3-5-8-19/h3-5,7-12,21-22,25H,2,6,13-17,24H2,1H3. The van der Waals surface area contributed by atoms with Gasteiger partial charge in [-0.15, -0.1) is 0 Å². The summed E-state index contributed by atoms with van der Waals surface area (Å²) in [6.45, 7) is 2.88. The summed E-state index contributed by atoms with van der Waals surface area (Å²) in [7, 11) is 0. The van der Waals surface area contributed by atoms with Crippen LogP contribution in [0.5, 0.6) is 0 Å². The summed E-state index contributed by atoms with van der Waals surface area (Å²) >= 11 is 0. The Morgan fingerprint density at radius 3 is 2.39 bits per heavy atom. The molecule has 0 spiro atoms. The van der Waals surface area contributed by atoms with E-state index in [4.69, 9.17) is 20.3 Å². The van der Waals surface area contributed by atoms with Gasteiger partial charge in [0.2, 0.25) is 0 Å². The molecular weight excluding hydrogens is 354 g/mol. The predicted molar refractivity (Wildman–Crippen MR) is 111 cm³/mol. The summed E-state index contributed by atoms with van der Waals surface area (Å²) in [6, 6.07) is 18.4. The van der Waals surface area contributed by atoms with Crippen LogP contribution in [0, 0.1) is 5.92 Å². The maximum absolute atomic E-state index is 12.2. The number of aliphatic hydroxyl groups is 1. The minimum Gasteiger partial charge on any atom is -0.466 e. The van der Waals surface area contributed by atoms with E-state index in [1.165, 1.54) is 11.1 Å². The van der Waals surface area contributed by atoms with E-state index in [-0.39, 0.29) is 25.2 Å². The van der Waals surface area contributed by atoms with E-state index in [9.17, 15) is 4.79 Å². The number of carbonyl (C=O) groups is 1. The van der Waals surface area contributed by atoms with Gasteiger partial charge in [0.1, 0.15) is 0 Å². The molecule has 0 heterocycles. The van der Waals surface area contributed by atoms with E-state index in [1.807, 2.05) is 18.2 Å². The van der Waals surface area contributed by atoms with E-state index < -0.39 is 5.92 Å². The van der Waals surface area contributed by atoms with Crippen LogP contribution in [-0.2, 0) is 20.7 Å². The highest BCUT2D eigenvalue weighted by molar-refractivity contribution is 5.72. The Kier molecular flexibility index (Phi) is 9.69. The number of nitrogens with two attached hydrogens (primary N) is 1. The van der Waals surface area contributed by atoms with Gasteiger partial charge >= 0.3 is 5.97 Å². The molecule has 2 atom stereocenters. The summed E-state index contributed by atoms with van der Waals surface area (Å²) in [5.41, 5.74) is 9.80. The largest absolute Gasteiger partial charge is 0.466 e. The van der Waals surface area contributed by atoms with Crippen LogP contribution in [0.25, 0.3) is 11.1 Å². The van der Waals surface area contributed by atoms with Crippen molar-refractivity contribution in [1.29, 1.82) is 0 Å². The zero-order valence-corrected chi connectivity index (χ0v) is 16.5. The molecule has 0 saturated heterocycles. The van der Waals surface area contributed by atoms with Gasteiger partial charge in [0.05, 0.1) is 19.1 Å². The Hall–Kier alpha value is -2.21. The summed E-state index contributed by atoms with van der Waals surface area (Å²) in [5.74, 6) is -0.668. The molecule has 5 heteroatoms. The molecule has 0 aliphatic carbocycles. The van der Waals surface area contributed by atoms with Crippen LogP contribution in [0.2, 0.25) is 0 Å². The average molecular weight is 386 g/mol. The number of hydrogen-bond acceptors (Lipinski definition) is 5. The molecule has 152 valence electrons. The van der Waals surface area contributed by atoms with Crippen molar-refractivity contribution in [2.24, 2.45) is 11.7 Å². The van der Waals surface area contributed by atoms with Crippen LogP contribution in [0.4, 0.5) is 0 Å². The quantitative estimate of drug-likeness (QED) is 0.433. The van der Waals surface area contributed by atoms with Crippen molar-refractivity contribution in [1.82, 2.24) is 0 Å². The van der Waals surface area contributed by atoms with Gasteiger partial charge in [-0.3, -0.25) is 4.79 Å². The molecule has 0 aromatic heterocycles. The molecule has 2 aromatic carbocycles. The second-order valence-electron chi connectivity index (χ2n) is 6.86. The Balaban J connectivity index is 1.91. The minimum absolute atomic E-state index is 0.0720. The molecule has 5 nitrogen and oxygen atoms in total. The lowest BCUT2D eigenvalue weighted by Crippen LogP contribution is -2.32. The second kappa shape index (κ2) is 12.3. The third kappa shape index (κ3) is 7.43. The van der Waals surface area contributed by atoms with Crippen LogP contribution < -0.4 is 5.73 Å². The van der Waals surface area contributed by atoms with Gasteiger partial charge in [0.15, 0.2) is 0 Å². The van der Waals surface area contributed by atoms with Crippen molar-refractivity contribution in [3.8, 4) is 11.1 Å². The summed E-state index contributed by atoms with van der Waals surface area (Å²) in [6.07, 6.45) is 1.73. The monoisotopic (exact) mass is 385 g/mol. The van der Waals surface area contributed by atoms with Gasteiger partial charge in [-0.25, -0.2) is 0 Å². The molecule has 0 fully saturated rings. The zero-order chi connectivity index (χ0) is 20.2. The summed E-state index contributed by atoms with van der Waals surface area (Å²) in [4.78, 5) is 12.2. The summed E-state index contributed by atoms with van der Waals surface area (Å²) < 4.78 is 10.7. The highest BCUT2D eigenvalue weighted by atomic mass is 16.5. The van der Waals surface area contributed by atoms with Gasteiger partial charge in [0, 0.05) is 19.3 Å². The lowest BCUT2D eigenvalue weighted by Gasteiger charge is -2.20. The molecule has 0 saturated carbocycles. The minimum atomic E-state index is -0.391. The fraction of sp³-hybridized carbons (Fsp3) is 0.435. The number of aliphatic hydroxyl groups excluding tert-OH is 1. The maximum Gasteiger partial charge on any atom is 0.311 e. The normalized spacial score (nSPS) is 13.1. The molecule has 3 N–H and O–H groups in total. The van der Waals surface area contributed by atoms with Crippen molar-refractivity contribution in [3.05, 3.63) is 60.2 Å². The second-order valence-corrected chi connectivity index (χ2v) is 6.86. The maximum atomic E-state index is 12.2. The van der Waals surface area contributed by atoms with Crippen LogP contribution in [0.15, 0.2) is 54.6 Å². The predicted octanol–water partition coefficient (Wildman–Crippen LogP) is 3.19. The van der Waals surface area contributed by atoms with Gasteiger partial charge in [-0.05, 0) is 42.9 Å². The van der Waals surface area contributed by atoms with Crippen LogP contribution in [0.3, 0.4) is 0 Å². The Morgan fingerprint density at radius 2 is 1.75 bits per heavy atom. The lowest BCUT2D eigenvalue weighted by atomic mass is 9.95. The van der Waals surface area contributed by atoms with Gasteiger partial charge in [-0.1, -0.05) is 54.6 Å². The molecule has 0 bridgehead atoms. The van der Waals surface area contributed by atoms with E-state index in [2.05, 4.69) is 36.4 Å². The van der Waals surface area contributed by atoms with Gasteiger partial charge in [0.25, 0.3) is 0 Å². The molecule has 2 unspecified atom stereocenters. The third-order valence-corrected chi connectivity index (χ3v) is 4.53. The molecule has 0 amide bonds. The molecule has 2 aromatic rings. The highest BCUT2D eigenvalue weighted by Crippen LogP contribution is 2.20. The SMILES string of the molecule is CCOC(=O)C(COCCCO)CC(N)Cc1ccc(-c2ccccc2)cc1. The number of ether oxygens (including phenoxy) is 2. The van der Waals surface area contributed by atoms with Crippen LogP contribution >= 0.6 is 0 Å². The first-order chi connectivity index (χ1) is 13.6. The summed E-state index contributed by atoms with van der Waals surface area (Å²) in [5, 5.41) is 8.84. The topological polar surface area (TPSA) is 81.8 Å². The molecule has 2 rings (SSSR count). The van der Waals surface area contributed by atoms with E-state index in [0.29, 0.717) is 32.5 Å². The Labute approximate surface area is 167 Å². The van der Waals surface area contributed by atoms with Gasteiger partial charge < -0.3 is 20.3 Å². The van der Waals surface area contributed by atoms with Crippen molar-refractivity contribution in [2.75, 3.05) is 26.4 Å². The number of carbonyl (C=O) groups excluding carboxylic acids is 1.